The summed E-state index contributed by atoms with van der Waals surface area (Å²) in [7, 11) is 1.76. The minimum absolute atomic E-state index is 0.0245. The Bertz CT molecular complexity index is 999. The number of nitrogens with one attached hydrogen (secondary N) is 2. The number of likely N-dealkylation sites (tertiary alicyclic amines) is 2. The van der Waals surface area contributed by atoms with Gasteiger partial charge in [0.25, 0.3) is 0 Å². The molecular formula is C34H61N5O4. The Kier molecular flexibility index (Phi) is 13.7. The van der Waals surface area contributed by atoms with Gasteiger partial charge in [-0.15, -0.1) is 0 Å². The van der Waals surface area contributed by atoms with E-state index >= 15 is 0 Å². The number of nitrogens with zero attached hydrogens (tertiary/aromatic N) is 3. The highest BCUT2D eigenvalue weighted by atomic mass is 16.2. The molecule has 9 heteroatoms. The molecular weight excluding hydrogens is 542 g/mol. The van der Waals surface area contributed by atoms with Gasteiger partial charge >= 0.3 is 0 Å². The summed E-state index contributed by atoms with van der Waals surface area (Å²) in [6, 6.07) is -1.54. The van der Waals surface area contributed by atoms with Crippen LogP contribution in [0.5, 0.6) is 0 Å². The smallest absolute Gasteiger partial charge is 0.249 e. The van der Waals surface area contributed by atoms with Gasteiger partial charge in [0.1, 0.15) is 12.1 Å². The molecule has 0 radical (unpaired) electrons. The first kappa shape index (κ1) is 36.8. The van der Waals surface area contributed by atoms with E-state index in [1.165, 1.54) is 0 Å². The van der Waals surface area contributed by atoms with Gasteiger partial charge in [0.05, 0.1) is 12.1 Å². The normalized spacial score (nSPS) is 21.7. The van der Waals surface area contributed by atoms with Crippen LogP contribution < -0.4 is 10.6 Å². The van der Waals surface area contributed by atoms with Crippen LogP contribution in [0.3, 0.4) is 0 Å². The molecule has 0 spiro atoms. The second kappa shape index (κ2) is 16.1. The van der Waals surface area contributed by atoms with Crippen molar-refractivity contribution in [2.24, 2.45) is 17.3 Å². The average molecular weight is 604 g/mol. The predicted octanol–water partition coefficient (Wildman–Crippen LogP) is 4.36. The third-order valence-corrected chi connectivity index (χ3v) is 8.98. The van der Waals surface area contributed by atoms with Crippen LogP contribution in [-0.2, 0) is 19.2 Å². The maximum atomic E-state index is 14.1. The van der Waals surface area contributed by atoms with E-state index in [-0.39, 0.29) is 47.7 Å². The third kappa shape index (κ3) is 10.0. The molecule has 0 aliphatic carbocycles. The average Bonchev–Trinajstić information content (AvgIpc) is 3.42. The number of amides is 4. The first-order valence-corrected chi connectivity index (χ1v) is 16.6. The summed E-state index contributed by atoms with van der Waals surface area (Å²) in [4.78, 5) is 59.8. The van der Waals surface area contributed by atoms with E-state index in [1.807, 2.05) is 40.7 Å². The fourth-order valence-corrected chi connectivity index (χ4v) is 6.28. The van der Waals surface area contributed by atoms with Gasteiger partial charge in [-0.3, -0.25) is 24.1 Å². The summed E-state index contributed by atoms with van der Waals surface area (Å²) in [5.74, 6) is -0.00923. The van der Waals surface area contributed by atoms with Crippen molar-refractivity contribution in [2.75, 3.05) is 26.7 Å². The van der Waals surface area contributed by atoms with Gasteiger partial charge < -0.3 is 20.4 Å². The highest BCUT2D eigenvalue weighted by molar-refractivity contribution is 5.97. The second-order valence-corrected chi connectivity index (χ2v) is 14.8. The highest BCUT2D eigenvalue weighted by Gasteiger charge is 2.40. The molecule has 246 valence electrons. The van der Waals surface area contributed by atoms with E-state index in [4.69, 9.17) is 0 Å². The molecule has 2 saturated heterocycles. The molecule has 9 nitrogen and oxygen atoms in total. The number of carbonyl (C=O) groups excluding carboxylic acids is 4. The second-order valence-electron chi connectivity index (χ2n) is 14.8. The Morgan fingerprint density at radius 3 is 2.09 bits per heavy atom. The third-order valence-electron chi connectivity index (χ3n) is 8.98. The zero-order chi connectivity index (χ0) is 32.6. The van der Waals surface area contributed by atoms with Crippen LogP contribution >= 0.6 is 0 Å². The standard InChI is InChI=1S/C34H61N5O4/c1-22(2)17-18-35-30(40)26-16-14-20-39(26)32(42)25(7)21-28(23(3)4)37(11)33(43)29(34(8,9)10)36-31(41)27-15-12-13-19-38(27)24(5)6/h21-24,26-29H,12-20H2,1-11H3,(H,35,40)(H,36,41)/t26-,27+,28?,29+/m0/s1. The fraction of sp³-hybridized carbons (Fsp3) is 0.824. The summed E-state index contributed by atoms with van der Waals surface area (Å²) < 4.78 is 0. The van der Waals surface area contributed by atoms with Crippen molar-refractivity contribution in [3.8, 4) is 0 Å². The van der Waals surface area contributed by atoms with E-state index in [0.29, 0.717) is 31.0 Å². The van der Waals surface area contributed by atoms with Gasteiger partial charge in [-0.25, -0.2) is 0 Å². The largest absolute Gasteiger partial charge is 0.354 e. The molecule has 2 fully saturated rings. The first-order valence-electron chi connectivity index (χ1n) is 16.6. The molecule has 0 saturated carbocycles. The lowest BCUT2D eigenvalue weighted by Crippen LogP contribution is -2.60. The van der Waals surface area contributed by atoms with Crippen LogP contribution in [0.25, 0.3) is 0 Å². The van der Waals surface area contributed by atoms with Gasteiger partial charge in [-0.1, -0.05) is 61.0 Å². The van der Waals surface area contributed by atoms with Gasteiger partial charge in [0, 0.05) is 31.8 Å². The van der Waals surface area contributed by atoms with Crippen LogP contribution in [0.1, 0.15) is 108 Å². The quantitative estimate of drug-likeness (QED) is 0.323. The summed E-state index contributed by atoms with van der Waals surface area (Å²) >= 11 is 0. The van der Waals surface area contributed by atoms with Crippen LogP contribution in [0.4, 0.5) is 0 Å². The highest BCUT2D eigenvalue weighted by Crippen LogP contribution is 2.27. The molecule has 2 heterocycles. The minimum atomic E-state index is -0.718. The lowest BCUT2D eigenvalue weighted by atomic mass is 9.84. The minimum Gasteiger partial charge on any atom is -0.354 e. The SMILES string of the molecule is CC(=CC(C(C)C)N(C)C(=O)[C@@H](NC(=O)[C@H]1CCCCN1C(C)C)C(C)(C)C)C(=O)N1CCC[C@H]1C(=O)NCCC(C)C. The van der Waals surface area contributed by atoms with Crippen molar-refractivity contribution in [2.45, 2.75) is 138 Å². The summed E-state index contributed by atoms with van der Waals surface area (Å²) in [6.07, 6.45) is 7.07. The van der Waals surface area contributed by atoms with Crippen LogP contribution in [0, 0.1) is 17.3 Å². The molecule has 2 rings (SSSR count). The zero-order valence-corrected chi connectivity index (χ0v) is 29.0. The lowest BCUT2D eigenvalue weighted by Gasteiger charge is -2.41. The van der Waals surface area contributed by atoms with E-state index in [1.54, 1.807) is 23.8 Å². The number of hydrogen-bond donors (Lipinski definition) is 2. The van der Waals surface area contributed by atoms with Gasteiger partial charge in [0.2, 0.25) is 23.6 Å². The maximum absolute atomic E-state index is 14.1. The Morgan fingerprint density at radius 1 is 0.907 bits per heavy atom. The number of hydrogen-bond acceptors (Lipinski definition) is 5. The van der Waals surface area contributed by atoms with Crippen molar-refractivity contribution in [3.63, 3.8) is 0 Å². The van der Waals surface area contributed by atoms with Crippen molar-refractivity contribution >= 4 is 23.6 Å². The monoisotopic (exact) mass is 603 g/mol. The van der Waals surface area contributed by atoms with Crippen LogP contribution in [0.15, 0.2) is 11.6 Å². The van der Waals surface area contributed by atoms with Crippen molar-refractivity contribution in [3.05, 3.63) is 11.6 Å². The number of carbonyl (C=O) groups is 4. The molecule has 2 aliphatic rings. The molecule has 1 unspecified atom stereocenters. The molecule has 0 aromatic carbocycles. The van der Waals surface area contributed by atoms with Crippen LogP contribution in [-0.4, -0.2) is 95.2 Å². The summed E-state index contributed by atoms with van der Waals surface area (Å²) in [5.41, 5.74) is 0.00603. The number of piperidine rings is 1. The first-order chi connectivity index (χ1) is 20.0. The summed E-state index contributed by atoms with van der Waals surface area (Å²) in [5, 5.41) is 6.14. The Morgan fingerprint density at radius 2 is 1.53 bits per heavy atom. The molecule has 2 N–H and O–H groups in total. The molecule has 4 amide bonds. The van der Waals surface area contributed by atoms with E-state index in [0.717, 1.165) is 38.6 Å². The number of likely N-dealkylation sites (N-methyl/N-ethyl adjacent to an activating group) is 1. The number of rotatable bonds is 12. The molecule has 4 atom stereocenters. The lowest BCUT2D eigenvalue weighted by molar-refractivity contribution is -0.142. The Hall–Kier alpha value is -2.42. The van der Waals surface area contributed by atoms with Crippen molar-refractivity contribution in [1.29, 1.82) is 0 Å². The van der Waals surface area contributed by atoms with Crippen molar-refractivity contribution in [1.82, 2.24) is 25.3 Å². The molecule has 43 heavy (non-hydrogen) atoms. The van der Waals surface area contributed by atoms with Gasteiger partial charge in [0.15, 0.2) is 0 Å². The molecule has 0 aromatic rings. The molecule has 0 bridgehead atoms. The predicted molar refractivity (Wildman–Crippen MR) is 173 cm³/mol. The summed E-state index contributed by atoms with van der Waals surface area (Å²) in [6.45, 7) is 22.2. The van der Waals surface area contributed by atoms with Gasteiger partial charge in [-0.05, 0) is 76.7 Å². The van der Waals surface area contributed by atoms with E-state index in [9.17, 15) is 19.2 Å². The topological polar surface area (TPSA) is 102 Å². The van der Waals surface area contributed by atoms with Crippen molar-refractivity contribution < 1.29 is 19.2 Å². The molecule has 2 aliphatic heterocycles. The van der Waals surface area contributed by atoms with E-state index in [2.05, 4.69) is 43.2 Å². The maximum Gasteiger partial charge on any atom is 0.249 e. The Balaban J connectivity index is 2.22. The van der Waals surface area contributed by atoms with Crippen LogP contribution in [0.2, 0.25) is 0 Å². The fourth-order valence-electron chi connectivity index (χ4n) is 6.28. The Labute approximate surface area is 261 Å². The van der Waals surface area contributed by atoms with E-state index < -0.39 is 17.5 Å². The van der Waals surface area contributed by atoms with Gasteiger partial charge in [-0.2, -0.15) is 0 Å². The zero-order valence-electron chi connectivity index (χ0n) is 29.0. The molecule has 0 aromatic heterocycles.